The standard InChI is InChI=1S/C9H13ClN4/c10-8-4-12-5-9(14-8)13-3-7(11)6-1-2-6/h4-7H,1-3,11H2,(H,13,14). The summed E-state index contributed by atoms with van der Waals surface area (Å²) in [5, 5.41) is 3.52. The molecule has 1 aromatic heterocycles. The quantitative estimate of drug-likeness (QED) is 0.789. The van der Waals surface area contributed by atoms with Gasteiger partial charge in [0.1, 0.15) is 11.0 Å². The molecule has 1 atom stereocenters. The van der Waals surface area contributed by atoms with Crippen molar-refractivity contribution in [3.05, 3.63) is 17.5 Å². The van der Waals surface area contributed by atoms with Gasteiger partial charge in [-0.05, 0) is 18.8 Å². The second-order valence-corrected chi connectivity index (χ2v) is 4.00. The van der Waals surface area contributed by atoms with Crippen LogP contribution in [0.25, 0.3) is 0 Å². The smallest absolute Gasteiger partial charge is 0.149 e. The molecule has 0 aromatic carbocycles. The van der Waals surface area contributed by atoms with Gasteiger partial charge in [-0.1, -0.05) is 11.6 Å². The highest BCUT2D eigenvalue weighted by Crippen LogP contribution is 2.31. The molecule has 4 nitrogen and oxygen atoms in total. The van der Waals surface area contributed by atoms with E-state index in [-0.39, 0.29) is 6.04 Å². The van der Waals surface area contributed by atoms with Crippen LogP contribution in [0.4, 0.5) is 5.82 Å². The molecule has 3 N–H and O–H groups in total. The molecule has 0 bridgehead atoms. The molecule has 76 valence electrons. The minimum Gasteiger partial charge on any atom is -0.367 e. The maximum Gasteiger partial charge on any atom is 0.149 e. The molecule has 0 saturated heterocycles. The van der Waals surface area contributed by atoms with E-state index in [1.807, 2.05) is 0 Å². The second kappa shape index (κ2) is 4.11. The highest BCUT2D eigenvalue weighted by Gasteiger charge is 2.28. The minimum absolute atomic E-state index is 0.218. The molecule has 1 aliphatic carbocycles. The molecule has 0 amide bonds. The number of hydrogen-bond donors (Lipinski definition) is 2. The first-order valence-corrected chi connectivity index (χ1v) is 5.10. The number of aromatic nitrogens is 2. The number of nitrogens with two attached hydrogens (primary N) is 1. The lowest BCUT2D eigenvalue weighted by Crippen LogP contribution is -2.31. The summed E-state index contributed by atoms with van der Waals surface area (Å²) in [7, 11) is 0. The van der Waals surface area contributed by atoms with Crippen molar-refractivity contribution in [1.82, 2.24) is 9.97 Å². The van der Waals surface area contributed by atoms with Gasteiger partial charge in [0.25, 0.3) is 0 Å². The topological polar surface area (TPSA) is 63.8 Å². The van der Waals surface area contributed by atoms with Crippen molar-refractivity contribution in [3.8, 4) is 0 Å². The molecule has 5 heteroatoms. The molecule has 1 saturated carbocycles. The zero-order valence-electron chi connectivity index (χ0n) is 7.78. The number of halogens is 1. The van der Waals surface area contributed by atoms with Crippen molar-refractivity contribution in [3.63, 3.8) is 0 Å². The molecule has 0 aliphatic heterocycles. The van der Waals surface area contributed by atoms with Crippen LogP contribution in [0.15, 0.2) is 12.4 Å². The zero-order chi connectivity index (χ0) is 9.97. The van der Waals surface area contributed by atoms with Gasteiger partial charge in [-0.2, -0.15) is 0 Å². The Hall–Kier alpha value is -0.870. The maximum atomic E-state index is 5.92. The molecule has 1 aromatic rings. The molecule has 0 spiro atoms. The first kappa shape index (κ1) is 9.68. The summed E-state index contributed by atoms with van der Waals surface area (Å²) in [6.07, 6.45) is 5.66. The fraction of sp³-hybridized carbons (Fsp3) is 0.556. The summed E-state index contributed by atoms with van der Waals surface area (Å²) in [6, 6.07) is 0.218. The Labute approximate surface area is 87.9 Å². The van der Waals surface area contributed by atoms with Crippen molar-refractivity contribution in [2.45, 2.75) is 18.9 Å². The lowest BCUT2D eigenvalue weighted by Gasteiger charge is -2.11. The van der Waals surface area contributed by atoms with E-state index < -0.39 is 0 Å². The lowest BCUT2D eigenvalue weighted by molar-refractivity contribution is 0.620. The summed E-state index contributed by atoms with van der Waals surface area (Å²) >= 11 is 5.69. The van der Waals surface area contributed by atoms with Gasteiger partial charge < -0.3 is 11.1 Å². The van der Waals surface area contributed by atoms with Crippen LogP contribution in [-0.2, 0) is 0 Å². The average Bonchev–Trinajstić information content (AvgIpc) is 2.97. The summed E-state index contributed by atoms with van der Waals surface area (Å²) in [5.41, 5.74) is 5.92. The number of nitrogens with zero attached hydrogens (tertiary/aromatic N) is 2. The van der Waals surface area contributed by atoms with E-state index in [0.717, 1.165) is 6.54 Å². The lowest BCUT2D eigenvalue weighted by atomic mass is 10.2. The molecule has 1 fully saturated rings. The van der Waals surface area contributed by atoms with E-state index in [1.165, 1.54) is 19.0 Å². The van der Waals surface area contributed by atoms with Crippen molar-refractivity contribution in [1.29, 1.82) is 0 Å². The zero-order valence-corrected chi connectivity index (χ0v) is 8.54. The molecular weight excluding hydrogens is 200 g/mol. The van der Waals surface area contributed by atoms with Crippen LogP contribution in [0.2, 0.25) is 5.15 Å². The Kier molecular flexibility index (Phi) is 2.84. The minimum atomic E-state index is 0.218. The van der Waals surface area contributed by atoms with E-state index in [4.69, 9.17) is 17.3 Å². The van der Waals surface area contributed by atoms with Crippen LogP contribution in [0, 0.1) is 5.92 Å². The molecular formula is C9H13ClN4. The molecule has 14 heavy (non-hydrogen) atoms. The van der Waals surface area contributed by atoms with Gasteiger partial charge in [-0.25, -0.2) is 4.98 Å². The normalized spacial score (nSPS) is 17.9. The molecule has 1 heterocycles. The monoisotopic (exact) mass is 212 g/mol. The SMILES string of the molecule is NC(CNc1cncc(Cl)n1)C1CC1. The molecule has 1 aliphatic rings. The van der Waals surface area contributed by atoms with E-state index >= 15 is 0 Å². The Morgan fingerprint density at radius 1 is 1.57 bits per heavy atom. The van der Waals surface area contributed by atoms with Gasteiger partial charge in [0.2, 0.25) is 0 Å². The average molecular weight is 213 g/mol. The van der Waals surface area contributed by atoms with E-state index in [2.05, 4.69) is 15.3 Å². The predicted molar refractivity (Wildman–Crippen MR) is 56.2 cm³/mol. The van der Waals surface area contributed by atoms with Gasteiger partial charge in [0.15, 0.2) is 0 Å². The Morgan fingerprint density at radius 3 is 3.00 bits per heavy atom. The van der Waals surface area contributed by atoms with Crippen LogP contribution in [0.5, 0.6) is 0 Å². The Bertz CT molecular complexity index is 313. The third-order valence-corrected chi connectivity index (χ3v) is 2.53. The summed E-state index contributed by atoms with van der Waals surface area (Å²) in [6.45, 7) is 0.736. The first-order chi connectivity index (χ1) is 6.75. The third kappa shape index (κ3) is 2.56. The van der Waals surface area contributed by atoms with Crippen LogP contribution in [0.1, 0.15) is 12.8 Å². The Balaban J connectivity index is 1.84. The van der Waals surface area contributed by atoms with E-state index in [9.17, 15) is 0 Å². The number of hydrogen-bond acceptors (Lipinski definition) is 4. The van der Waals surface area contributed by atoms with Gasteiger partial charge in [0, 0.05) is 12.6 Å². The summed E-state index contributed by atoms with van der Waals surface area (Å²) in [4.78, 5) is 7.99. The van der Waals surface area contributed by atoms with E-state index in [1.54, 1.807) is 6.20 Å². The van der Waals surface area contributed by atoms with Crippen molar-refractivity contribution >= 4 is 17.4 Å². The number of anilines is 1. The Morgan fingerprint density at radius 2 is 2.36 bits per heavy atom. The van der Waals surface area contributed by atoms with Crippen LogP contribution in [0.3, 0.4) is 0 Å². The number of rotatable bonds is 4. The van der Waals surface area contributed by atoms with E-state index in [0.29, 0.717) is 16.9 Å². The van der Waals surface area contributed by atoms with Crippen molar-refractivity contribution < 1.29 is 0 Å². The van der Waals surface area contributed by atoms with Gasteiger partial charge in [-0.15, -0.1) is 0 Å². The predicted octanol–water partition coefficient (Wildman–Crippen LogP) is 1.28. The van der Waals surface area contributed by atoms with Crippen molar-refractivity contribution in [2.75, 3.05) is 11.9 Å². The largest absolute Gasteiger partial charge is 0.367 e. The molecule has 0 radical (unpaired) electrons. The van der Waals surface area contributed by atoms with Crippen molar-refractivity contribution in [2.24, 2.45) is 11.7 Å². The van der Waals surface area contributed by atoms with Crippen LogP contribution >= 0.6 is 11.6 Å². The fourth-order valence-corrected chi connectivity index (χ4v) is 1.49. The van der Waals surface area contributed by atoms with Crippen LogP contribution in [-0.4, -0.2) is 22.6 Å². The summed E-state index contributed by atoms with van der Waals surface area (Å²) < 4.78 is 0. The maximum absolute atomic E-state index is 5.92. The molecule has 1 unspecified atom stereocenters. The summed E-state index contributed by atoms with van der Waals surface area (Å²) in [5.74, 6) is 1.38. The fourth-order valence-electron chi connectivity index (χ4n) is 1.34. The highest BCUT2D eigenvalue weighted by molar-refractivity contribution is 6.29. The second-order valence-electron chi connectivity index (χ2n) is 3.61. The van der Waals surface area contributed by atoms with Crippen LogP contribution < -0.4 is 11.1 Å². The highest BCUT2D eigenvalue weighted by atomic mass is 35.5. The van der Waals surface area contributed by atoms with Gasteiger partial charge >= 0.3 is 0 Å². The number of nitrogens with one attached hydrogen (secondary N) is 1. The van der Waals surface area contributed by atoms with Gasteiger partial charge in [-0.3, -0.25) is 4.98 Å². The molecule has 2 rings (SSSR count). The van der Waals surface area contributed by atoms with Gasteiger partial charge in [0.05, 0.1) is 12.4 Å². The first-order valence-electron chi connectivity index (χ1n) is 4.72. The third-order valence-electron chi connectivity index (χ3n) is 2.35.